The second-order valence-corrected chi connectivity index (χ2v) is 8.71. The normalized spacial score (nSPS) is 10.7. The van der Waals surface area contributed by atoms with Crippen LogP contribution in [0.25, 0.3) is 16.9 Å². The molecule has 0 atom stereocenters. The van der Waals surface area contributed by atoms with Gasteiger partial charge in [0.2, 0.25) is 5.91 Å². The van der Waals surface area contributed by atoms with Crippen molar-refractivity contribution in [3.8, 4) is 16.9 Å². The van der Waals surface area contributed by atoms with Gasteiger partial charge in [-0.1, -0.05) is 53.2 Å². The van der Waals surface area contributed by atoms with Crippen LogP contribution in [0.15, 0.2) is 84.1 Å². The molecule has 0 saturated heterocycles. The number of anilines is 1. The number of thioether (sulfide) groups is 1. The number of benzene rings is 3. The standard InChI is InChI=1S/C23H16Cl2N4O3S/c24-16-7-9-19(10-8-16)28-21(15-3-1-6-20(11-15)29(31)32)13-26-23(28)33-14-22(30)27-18-5-2-4-17(25)12-18/h1-13H,14H2,(H,27,30). The highest BCUT2D eigenvalue weighted by Crippen LogP contribution is 2.32. The maximum Gasteiger partial charge on any atom is 0.270 e. The molecule has 1 aromatic heterocycles. The summed E-state index contributed by atoms with van der Waals surface area (Å²) in [5.74, 6) is -0.115. The van der Waals surface area contributed by atoms with Crippen molar-refractivity contribution in [3.05, 3.63) is 99.2 Å². The Hall–Kier alpha value is -3.33. The molecule has 4 aromatic rings. The van der Waals surface area contributed by atoms with E-state index in [-0.39, 0.29) is 17.3 Å². The lowest BCUT2D eigenvalue weighted by Gasteiger charge is -2.12. The number of nitro groups is 1. The van der Waals surface area contributed by atoms with Gasteiger partial charge in [-0.05, 0) is 42.5 Å². The van der Waals surface area contributed by atoms with Crippen LogP contribution < -0.4 is 5.32 Å². The average Bonchev–Trinajstić information content (AvgIpc) is 3.22. The highest BCUT2D eigenvalue weighted by atomic mass is 35.5. The number of hydrogen-bond acceptors (Lipinski definition) is 5. The molecular formula is C23H16Cl2N4O3S. The van der Waals surface area contributed by atoms with Crippen LogP contribution in [0.1, 0.15) is 0 Å². The molecule has 10 heteroatoms. The fraction of sp³-hybridized carbons (Fsp3) is 0.0435. The molecule has 0 aliphatic heterocycles. The third-order valence-corrected chi connectivity index (χ3v) is 6.05. The number of nitrogens with one attached hydrogen (secondary N) is 1. The van der Waals surface area contributed by atoms with Crippen molar-refractivity contribution >= 4 is 52.2 Å². The molecule has 0 bridgehead atoms. The Morgan fingerprint density at radius 1 is 1.03 bits per heavy atom. The first-order valence-electron chi connectivity index (χ1n) is 9.67. The number of halogens is 2. The van der Waals surface area contributed by atoms with Crippen molar-refractivity contribution < 1.29 is 9.72 Å². The molecule has 1 amide bonds. The number of nitrogens with zero attached hydrogens (tertiary/aromatic N) is 3. The second kappa shape index (κ2) is 10.1. The lowest BCUT2D eigenvalue weighted by molar-refractivity contribution is -0.384. The molecule has 0 aliphatic rings. The summed E-state index contributed by atoms with van der Waals surface area (Å²) in [6.45, 7) is 0. The monoisotopic (exact) mass is 498 g/mol. The molecule has 7 nitrogen and oxygen atoms in total. The third-order valence-electron chi connectivity index (χ3n) is 4.61. The van der Waals surface area contributed by atoms with Crippen LogP contribution in [0.3, 0.4) is 0 Å². The highest BCUT2D eigenvalue weighted by molar-refractivity contribution is 7.99. The third kappa shape index (κ3) is 5.54. The summed E-state index contributed by atoms with van der Waals surface area (Å²) in [4.78, 5) is 27.8. The van der Waals surface area contributed by atoms with Crippen LogP contribution >= 0.6 is 35.0 Å². The van der Waals surface area contributed by atoms with Gasteiger partial charge in [0.1, 0.15) is 0 Å². The van der Waals surface area contributed by atoms with Gasteiger partial charge in [0.15, 0.2) is 5.16 Å². The molecule has 33 heavy (non-hydrogen) atoms. The van der Waals surface area contributed by atoms with E-state index in [1.165, 1.54) is 23.9 Å². The molecule has 1 heterocycles. The molecule has 1 N–H and O–H groups in total. The molecule has 166 valence electrons. The van der Waals surface area contributed by atoms with E-state index in [1.54, 1.807) is 54.7 Å². The van der Waals surface area contributed by atoms with Gasteiger partial charge in [-0.2, -0.15) is 0 Å². The first kappa shape index (κ1) is 22.8. The Labute approximate surface area is 203 Å². The molecule has 4 rings (SSSR count). The number of non-ortho nitro benzene ring substituents is 1. The fourth-order valence-electron chi connectivity index (χ4n) is 3.15. The molecule has 0 unspecified atom stereocenters. The van der Waals surface area contributed by atoms with Gasteiger partial charge in [-0.25, -0.2) is 4.98 Å². The Balaban J connectivity index is 1.64. The Morgan fingerprint density at radius 2 is 1.79 bits per heavy atom. The summed E-state index contributed by atoms with van der Waals surface area (Å²) in [5, 5.41) is 15.7. The van der Waals surface area contributed by atoms with Crippen molar-refractivity contribution in [1.29, 1.82) is 0 Å². The van der Waals surface area contributed by atoms with Crippen LogP contribution in [0.2, 0.25) is 10.0 Å². The number of hydrogen-bond donors (Lipinski definition) is 1. The minimum atomic E-state index is -0.442. The number of carbonyl (C=O) groups excluding carboxylic acids is 1. The summed E-state index contributed by atoms with van der Waals surface area (Å²) in [7, 11) is 0. The van der Waals surface area contributed by atoms with Crippen LogP contribution in [-0.4, -0.2) is 26.1 Å². The fourth-order valence-corrected chi connectivity index (χ4v) is 4.26. The number of aromatic nitrogens is 2. The molecule has 0 fully saturated rings. The van der Waals surface area contributed by atoms with E-state index in [2.05, 4.69) is 10.3 Å². The van der Waals surface area contributed by atoms with E-state index in [1.807, 2.05) is 16.7 Å². The van der Waals surface area contributed by atoms with Gasteiger partial charge in [-0.15, -0.1) is 0 Å². The molecule has 0 saturated carbocycles. The Kier molecular flexibility index (Phi) is 6.98. The summed E-state index contributed by atoms with van der Waals surface area (Å²) in [6, 6.07) is 20.3. The smallest absolute Gasteiger partial charge is 0.270 e. The van der Waals surface area contributed by atoms with Crippen molar-refractivity contribution in [1.82, 2.24) is 9.55 Å². The maximum atomic E-state index is 12.5. The van der Waals surface area contributed by atoms with Crippen molar-refractivity contribution in [2.24, 2.45) is 0 Å². The Bertz CT molecular complexity index is 1330. The zero-order valence-electron chi connectivity index (χ0n) is 16.9. The van der Waals surface area contributed by atoms with Crippen LogP contribution in [0.4, 0.5) is 11.4 Å². The SMILES string of the molecule is O=C(CSc1ncc(-c2cccc([N+](=O)[O-])c2)n1-c1ccc(Cl)cc1)Nc1cccc(Cl)c1. The maximum absolute atomic E-state index is 12.5. The number of rotatable bonds is 7. The number of nitro benzene ring substituents is 1. The van der Waals surface area contributed by atoms with Crippen LogP contribution in [-0.2, 0) is 4.79 Å². The minimum absolute atomic E-state index is 0.0218. The zero-order valence-corrected chi connectivity index (χ0v) is 19.3. The first-order valence-corrected chi connectivity index (χ1v) is 11.4. The molecule has 0 spiro atoms. The quantitative estimate of drug-likeness (QED) is 0.178. The predicted octanol–water partition coefficient (Wildman–Crippen LogP) is 6.49. The van der Waals surface area contributed by atoms with Gasteiger partial charge >= 0.3 is 0 Å². The lowest BCUT2D eigenvalue weighted by Crippen LogP contribution is -2.14. The second-order valence-electron chi connectivity index (χ2n) is 6.89. The minimum Gasteiger partial charge on any atom is -0.325 e. The summed E-state index contributed by atoms with van der Waals surface area (Å²) in [6.07, 6.45) is 1.63. The largest absolute Gasteiger partial charge is 0.325 e. The van der Waals surface area contributed by atoms with E-state index in [0.29, 0.717) is 32.1 Å². The van der Waals surface area contributed by atoms with E-state index in [9.17, 15) is 14.9 Å². The number of carbonyl (C=O) groups is 1. The van der Waals surface area contributed by atoms with Crippen molar-refractivity contribution in [3.63, 3.8) is 0 Å². The van der Waals surface area contributed by atoms with Crippen LogP contribution in [0.5, 0.6) is 0 Å². The van der Waals surface area contributed by atoms with Gasteiger partial charge in [0.05, 0.1) is 22.6 Å². The van der Waals surface area contributed by atoms with E-state index in [4.69, 9.17) is 23.2 Å². The molecule has 0 aliphatic carbocycles. The van der Waals surface area contributed by atoms with E-state index >= 15 is 0 Å². The highest BCUT2D eigenvalue weighted by Gasteiger charge is 2.17. The van der Waals surface area contributed by atoms with Crippen molar-refractivity contribution in [2.45, 2.75) is 5.16 Å². The van der Waals surface area contributed by atoms with Crippen LogP contribution in [0, 0.1) is 10.1 Å². The zero-order chi connectivity index (χ0) is 23.4. The average molecular weight is 499 g/mol. The topological polar surface area (TPSA) is 90.1 Å². The lowest BCUT2D eigenvalue weighted by atomic mass is 10.1. The first-order chi connectivity index (χ1) is 15.9. The summed E-state index contributed by atoms with van der Waals surface area (Å²) < 4.78 is 1.84. The Morgan fingerprint density at radius 3 is 2.52 bits per heavy atom. The number of amides is 1. The molecular weight excluding hydrogens is 483 g/mol. The van der Waals surface area contributed by atoms with Crippen molar-refractivity contribution in [2.75, 3.05) is 11.1 Å². The van der Waals surface area contributed by atoms with E-state index < -0.39 is 4.92 Å². The predicted molar refractivity (Wildman–Crippen MR) is 131 cm³/mol. The van der Waals surface area contributed by atoms with Gasteiger partial charge in [-0.3, -0.25) is 19.5 Å². The number of imidazole rings is 1. The van der Waals surface area contributed by atoms with Gasteiger partial charge in [0, 0.05) is 39.1 Å². The summed E-state index contributed by atoms with van der Waals surface area (Å²) in [5.41, 5.74) is 2.62. The molecule has 3 aromatic carbocycles. The van der Waals surface area contributed by atoms with Gasteiger partial charge < -0.3 is 5.32 Å². The molecule has 0 radical (unpaired) electrons. The van der Waals surface area contributed by atoms with E-state index in [0.717, 1.165) is 5.69 Å². The van der Waals surface area contributed by atoms with Gasteiger partial charge in [0.25, 0.3) is 5.69 Å². The summed E-state index contributed by atoms with van der Waals surface area (Å²) >= 11 is 13.3.